The van der Waals surface area contributed by atoms with E-state index >= 15 is 0 Å². The Morgan fingerprint density at radius 1 is 0.880 bits per heavy atom. The number of hydrogen-bond acceptors (Lipinski definition) is 2. The summed E-state index contributed by atoms with van der Waals surface area (Å²) in [6.45, 7) is -0.901. The van der Waals surface area contributed by atoms with Crippen LogP contribution in [0, 0.1) is 5.82 Å². The van der Waals surface area contributed by atoms with E-state index in [0.29, 0.717) is 5.56 Å². The van der Waals surface area contributed by atoms with Crippen molar-refractivity contribution in [3.63, 3.8) is 0 Å². The van der Waals surface area contributed by atoms with Crippen LogP contribution in [0.15, 0.2) is 48.5 Å². The molecule has 0 bridgehead atoms. The first kappa shape index (κ1) is 18.6. The van der Waals surface area contributed by atoms with E-state index in [1.807, 2.05) is 0 Å². The van der Waals surface area contributed by atoms with Gasteiger partial charge in [-0.2, -0.15) is 13.2 Å². The number of halogens is 4. The van der Waals surface area contributed by atoms with Gasteiger partial charge >= 0.3 is 12.2 Å². The number of benzene rings is 2. The van der Waals surface area contributed by atoms with Gasteiger partial charge in [-0.25, -0.2) is 9.18 Å². The Bertz CT molecular complexity index is 685. The van der Waals surface area contributed by atoms with Crippen molar-refractivity contribution in [2.75, 3.05) is 6.61 Å². The van der Waals surface area contributed by atoms with Gasteiger partial charge < -0.3 is 15.4 Å². The van der Waals surface area contributed by atoms with Crippen molar-refractivity contribution in [2.24, 2.45) is 0 Å². The van der Waals surface area contributed by atoms with Crippen LogP contribution in [-0.4, -0.2) is 18.8 Å². The van der Waals surface area contributed by atoms with Crippen LogP contribution in [0.4, 0.5) is 22.4 Å². The highest BCUT2D eigenvalue weighted by Crippen LogP contribution is 2.18. The maximum absolute atomic E-state index is 12.8. The number of alkyl halides is 3. The molecule has 8 heteroatoms. The Balaban J connectivity index is 1.73. The van der Waals surface area contributed by atoms with Crippen LogP contribution in [0.5, 0.6) is 5.75 Å². The van der Waals surface area contributed by atoms with Crippen molar-refractivity contribution in [2.45, 2.75) is 19.3 Å². The lowest BCUT2D eigenvalue weighted by molar-refractivity contribution is -0.153. The zero-order valence-electron chi connectivity index (χ0n) is 13.1. The van der Waals surface area contributed by atoms with Crippen LogP contribution in [0.25, 0.3) is 0 Å². The molecule has 0 aromatic heterocycles. The predicted octanol–water partition coefficient (Wildman–Crippen LogP) is 3.77. The summed E-state index contributed by atoms with van der Waals surface area (Å²) in [6, 6.07) is 11.2. The zero-order valence-corrected chi connectivity index (χ0v) is 13.1. The van der Waals surface area contributed by atoms with E-state index in [0.717, 1.165) is 5.56 Å². The van der Waals surface area contributed by atoms with Gasteiger partial charge in [0.25, 0.3) is 0 Å². The molecular formula is C17H16F4N2O2. The van der Waals surface area contributed by atoms with Gasteiger partial charge in [-0.1, -0.05) is 24.3 Å². The Labute approximate surface area is 141 Å². The molecule has 0 atom stereocenters. The van der Waals surface area contributed by atoms with Gasteiger partial charge in [-0.15, -0.1) is 0 Å². The Hall–Kier alpha value is -2.77. The third-order valence-corrected chi connectivity index (χ3v) is 3.15. The number of carbonyl (C=O) groups is 1. The summed E-state index contributed by atoms with van der Waals surface area (Å²) in [5, 5.41) is 5.23. The monoisotopic (exact) mass is 356 g/mol. The normalized spacial score (nSPS) is 11.0. The van der Waals surface area contributed by atoms with Crippen LogP contribution in [-0.2, 0) is 13.1 Å². The molecule has 2 aromatic rings. The topological polar surface area (TPSA) is 50.4 Å². The number of rotatable bonds is 6. The molecular weight excluding hydrogens is 340 g/mol. The summed E-state index contributed by atoms with van der Waals surface area (Å²) in [7, 11) is 0. The average molecular weight is 356 g/mol. The van der Waals surface area contributed by atoms with Crippen LogP contribution in [0.1, 0.15) is 11.1 Å². The maximum atomic E-state index is 12.8. The number of carbonyl (C=O) groups excluding carboxylic acids is 1. The number of nitrogens with one attached hydrogen (secondary N) is 2. The van der Waals surface area contributed by atoms with E-state index in [1.165, 1.54) is 24.3 Å². The lowest BCUT2D eigenvalue weighted by atomic mass is 10.2. The lowest BCUT2D eigenvalue weighted by Gasteiger charge is -2.10. The van der Waals surface area contributed by atoms with Crippen molar-refractivity contribution >= 4 is 6.03 Å². The first-order valence-corrected chi connectivity index (χ1v) is 7.36. The van der Waals surface area contributed by atoms with Gasteiger partial charge in [0.2, 0.25) is 0 Å². The molecule has 0 aliphatic heterocycles. The van der Waals surface area contributed by atoms with Crippen LogP contribution < -0.4 is 15.4 Å². The molecule has 0 fully saturated rings. The van der Waals surface area contributed by atoms with E-state index in [-0.39, 0.29) is 24.7 Å². The molecule has 0 radical (unpaired) electrons. The Morgan fingerprint density at radius 3 is 1.84 bits per heavy atom. The predicted molar refractivity (Wildman–Crippen MR) is 83.5 cm³/mol. The van der Waals surface area contributed by atoms with Gasteiger partial charge in [0.15, 0.2) is 6.61 Å². The fraction of sp³-hybridized carbons (Fsp3) is 0.235. The summed E-state index contributed by atoms with van der Waals surface area (Å²) in [5.74, 6) is -0.252. The number of ether oxygens (including phenoxy) is 1. The van der Waals surface area contributed by atoms with Gasteiger partial charge in [0.1, 0.15) is 11.6 Å². The quantitative estimate of drug-likeness (QED) is 0.775. The highest BCUT2D eigenvalue weighted by molar-refractivity contribution is 5.73. The van der Waals surface area contributed by atoms with Gasteiger partial charge in [0, 0.05) is 13.1 Å². The fourth-order valence-corrected chi connectivity index (χ4v) is 1.90. The minimum atomic E-state index is -4.39. The molecule has 134 valence electrons. The number of amides is 2. The molecule has 2 rings (SSSR count). The second-order valence-corrected chi connectivity index (χ2v) is 5.21. The molecule has 0 aliphatic rings. The molecule has 0 spiro atoms. The first-order chi connectivity index (χ1) is 11.8. The molecule has 2 N–H and O–H groups in total. The molecule has 2 aromatic carbocycles. The van der Waals surface area contributed by atoms with Gasteiger partial charge in [-0.3, -0.25) is 0 Å². The summed E-state index contributed by atoms with van der Waals surface area (Å²) in [4.78, 5) is 11.7. The number of hydrogen-bond donors (Lipinski definition) is 2. The smallest absolute Gasteiger partial charge is 0.422 e. The van der Waals surface area contributed by atoms with Gasteiger partial charge in [0.05, 0.1) is 0 Å². The summed E-state index contributed by atoms with van der Waals surface area (Å²) in [5.41, 5.74) is 1.46. The minimum absolute atomic E-state index is 0.0989. The zero-order chi connectivity index (χ0) is 18.3. The minimum Gasteiger partial charge on any atom is -0.484 e. The highest BCUT2D eigenvalue weighted by atomic mass is 19.4. The average Bonchev–Trinajstić information content (AvgIpc) is 2.58. The SMILES string of the molecule is O=C(NCc1ccc(F)cc1)NCc1ccc(OCC(F)(F)F)cc1. The van der Waals surface area contributed by atoms with Crippen molar-refractivity contribution in [1.29, 1.82) is 0 Å². The maximum Gasteiger partial charge on any atom is 0.422 e. The molecule has 2 amide bonds. The molecule has 0 saturated heterocycles. The molecule has 0 unspecified atom stereocenters. The lowest BCUT2D eigenvalue weighted by Crippen LogP contribution is -2.34. The first-order valence-electron chi connectivity index (χ1n) is 7.36. The third kappa shape index (κ3) is 7.11. The third-order valence-electron chi connectivity index (χ3n) is 3.15. The van der Waals surface area contributed by atoms with Crippen LogP contribution >= 0.6 is 0 Å². The van der Waals surface area contributed by atoms with Crippen molar-refractivity contribution in [3.8, 4) is 5.75 Å². The Kier molecular flexibility index (Phi) is 6.21. The second-order valence-electron chi connectivity index (χ2n) is 5.21. The standard InChI is InChI=1S/C17H16F4N2O2/c18-14-5-1-12(2-6-14)9-22-16(24)23-10-13-3-7-15(8-4-13)25-11-17(19,20)21/h1-8H,9-11H2,(H2,22,23,24). The number of urea groups is 1. The Morgan fingerprint density at radius 2 is 1.36 bits per heavy atom. The summed E-state index contributed by atoms with van der Waals surface area (Å²) >= 11 is 0. The van der Waals surface area contributed by atoms with Crippen LogP contribution in [0.3, 0.4) is 0 Å². The van der Waals surface area contributed by atoms with Crippen molar-refractivity contribution < 1.29 is 27.1 Å². The molecule has 0 saturated carbocycles. The molecule has 0 aliphatic carbocycles. The van der Waals surface area contributed by atoms with Crippen molar-refractivity contribution in [3.05, 3.63) is 65.5 Å². The van der Waals surface area contributed by atoms with Crippen LogP contribution in [0.2, 0.25) is 0 Å². The van der Waals surface area contributed by atoms with E-state index < -0.39 is 18.8 Å². The summed E-state index contributed by atoms with van der Waals surface area (Å²) in [6.07, 6.45) is -4.39. The fourth-order valence-electron chi connectivity index (χ4n) is 1.90. The van der Waals surface area contributed by atoms with E-state index in [4.69, 9.17) is 0 Å². The second kappa shape index (κ2) is 8.36. The molecule has 4 nitrogen and oxygen atoms in total. The molecule has 25 heavy (non-hydrogen) atoms. The van der Waals surface area contributed by atoms with E-state index in [2.05, 4.69) is 15.4 Å². The van der Waals surface area contributed by atoms with Gasteiger partial charge in [-0.05, 0) is 35.4 Å². The van der Waals surface area contributed by atoms with E-state index in [1.54, 1.807) is 24.3 Å². The van der Waals surface area contributed by atoms with Crippen molar-refractivity contribution in [1.82, 2.24) is 10.6 Å². The summed E-state index contributed by atoms with van der Waals surface area (Å²) < 4.78 is 53.5. The highest BCUT2D eigenvalue weighted by Gasteiger charge is 2.28. The van der Waals surface area contributed by atoms with E-state index in [9.17, 15) is 22.4 Å². The largest absolute Gasteiger partial charge is 0.484 e. The molecule has 0 heterocycles.